The van der Waals surface area contributed by atoms with Gasteiger partial charge in [-0.3, -0.25) is 0 Å². The molecule has 0 aromatic rings. The Labute approximate surface area is 110 Å². The molecule has 2 saturated carbocycles. The molecule has 0 amide bonds. The van der Waals surface area contributed by atoms with E-state index in [4.69, 9.17) is 21.1 Å². The van der Waals surface area contributed by atoms with Crippen molar-refractivity contribution < 1.29 is 9.47 Å². The summed E-state index contributed by atoms with van der Waals surface area (Å²) >= 11 is 6.43. The first-order valence-corrected chi connectivity index (χ1v) is 7.46. The van der Waals surface area contributed by atoms with Gasteiger partial charge < -0.3 is 9.47 Å². The molecule has 0 saturated heterocycles. The summed E-state index contributed by atoms with van der Waals surface area (Å²) in [6.07, 6.45) is 8.26. The molecule has 3 heteroatoms. The molecule has 2 rings (SSSR count). The minimum absolute atomic E-state index is 0.296. The second kappa shape index (κ2) is 5.90. The molecule has 2 atom stereocenters. The number of alkyl halides is 1. The number of hydrogen-bond donors (Lipinski definition) is 0. The molecule has 0 radical (unpaired) electrons. The molecule has 0 aliphatic heterocycles. The van der Waals surface area contributed by atoms with Gasteiger partial charge in [0.2, 0.25) is 0 Å². The van der Waals surface area contributed by atoms with Crippen LogP contribution in [0.15, 0.2) is 0 Å². The van der Waals surface area contributed by atoms with Crippen molar-refractivity contribution in [2.75, 3.05) is 13.2 Å². The number of hydrogen-bond acceptors (Lipinski definition) is 2. The normalized spacial score (nSPS) is 31.8. The second-order valence-electron chi connectivity index (χ2n) is 5.78. The second-order valence-corrected chi connectivity index (χ2v) is 6.30. The first kappa shape index (κ1) is 13.6. The van der Waals surface area contributed by atoms with Gasteiger partial charge in [0.15, 0.2) is 0 Å². The van der Waals surface area contributed by atoms with Gasteiger partial charge in [-0.25, -0.2) is 0 Å². The van der Waals surface area contributed by atoms with Crippen LogP contribution in [-0.2, 0) is 9.47 Å². The lowest BCUT2D eigenvalue weighted by Crippen LogP contribution is -2.56. The highest BCUT2D eigenvalue weighted by Gasteiger charge is 2.54. The van der Waals surface area contributed by atoms with Crippen molar-refractivity contribution in [3.63, 3.8) is 0 Å². The summed E-state index contributed by atoms with van der Waals surface area (Å²) in [6, 6.07) is 0. The molecule has 2 aliphatic rings. The van der Waals surface area contributed by atoms with Crippen LogP contribution >= 0.6 is 11.6 Å². The van der Waals surface area contributed by atoms with E-state index >= 15 is 0 Å². The Bertz CT molecular complexity index is 236. The van der Waals surface area contributed by atoms with Crippen molar-refractivity contribution in [2.24, 2.45) is 5.41 Å². The third kappa shape index (κ3) is 2.97. The summed E-state index contributed by atoms with van der Waals surface area (Å²) in [5, 5.41) is 0.346. The third-order valence-electron chi connectivity index (χ3n) is 4.32. The molecule has 0 heterocycles. The molecular weight excluding hydrogens is 236 g/mol. The smallest absolute Gasteiger partial charge is 0.0704 e. The molecule has 100 valence electrons. The van der Waals surface area contributed by atoms with E-state index in [1.807, 2.05) is 0 Å². The van der Waals surface area contributed by atoms with Gasteiger partial charge in [0, 0.05) is 10.8 Å². The fraction of sp³-hybridized carbons (Fsp3) is 1.00. The van der Waals surface area contributed by atoms with Gasteiger partial charge in [-0.2, -0.15) is 0 Å². The van der Waals surface area contributed by atoms with E-state index in [1.165, 1.54) is 32.1 Å². The molecule has 0 bridgehead atoms. The highest BCUT2D eigenvalue weighted by atomic mass is 35.5. The first-order valence-electron chi connectivity index (χ1n) is 7.02. The zero-order chi connectivity index (χ0) is 12.3. The van der Waals surface area contributed by atoms with Gasteiger partial charge in [0.25, 0.3) is 0 Å². The molecule has 0 aromatic heterocycles. The van der Waals surface area contributed by atoms with Crippen molar-refractivity contribution in [3.05, 3.63) is 0 Å². The van der Waals surface area contributed by atoms with Crippen molar-refractivity contribution in [2.45, 2.75) is 70.0 Å². The minimum atomic E-state index is 0.296. The summed E-state index contributed by atoms with van der Waals surface area (Å²) in [5.74, 6) is 0. The maximum Gasteiger partial charge on any atom is 0.0704 e. The predicted octanol–water partition coefficient (Wildman–Crippen LogP) is 3.76. The van der Waals surface area contributed by atoms with E-state index in [9.17, 15) is 0 Å². The Morgan fingerprint density at radius 3 is 2.47 bits per heavy atom. The van der Waals surface area contributed by atoms with Crippen LogP contribution in [0.4, 0.5) is 0 Å². The molecule has 2 aliphatic carbocycles. The van der Waals surface area contributed by atoms with E-state index in [0.717, 1.165) is 6.42 Å². The maximum atomic E-state index is 6.43. The van der Waals surface area contributed by atoms with Crippen LogP contribution < -0.4 is 0 Å². The molecule has 1 spiro atoms. The van der Waals surface area contributed by atoms with Crippen molar-refractivity contribution in [1.29, 1.82) is 0 Å². The monoisotopic (exact) mass is 260 g/mol. The SMILES string of the molecule is CC(C)OCCOC1CC(Cl)C12CCCCC2. The zero-order valence-corrected chi connectivity index (χ0v) is 11.8. The van der Waals surface area contributed by atoms with Crippen LogP contribution in [0.5, 0.6) is 0 Å². The average Bonchev–Trinajstić information content (AvgIpc) is 2.34. The van der Waals surface area contributed by atoms with Crippen molar-refractivity contribution in [3.8, 4) is 0 Å². The number of ether oxygens (including phenoxy) is 2. The summed E-state index contributed by atoms with van der Waals surface area (Å²) in [6.45, 7) is 5.53. The van der Waals surface area contributed by atoms with Crippen LogP contribution in [0.25, 0.3) is 0 Å². The Morgan fingerprint density at radius 2 is 1.88 bits per heavy atom. The van der Waals surface area contributed by atoms with E-state index in [1.54, 1.807) is 0 Å². The van der Waals surface area contributed by atoms with Crippen LogP contribution in [-0.4, -0.2) is 30.8 Å². The molecule has 2 fully saturated rings. The van der Waals surface area contributed by atoms with Gasteiger partial charge in [0.05, 0.1) is 25.4 Å². The Morgan fingerprint density at radius 1 is 1.18 bits per heavy atom. The summed E-state index contributed by atoms with van der Waals surface area (Å²) in [5.41, 5.74) is 0.303. The van der Waals surface area contributed by atoms with E-state index in [2.05, 4.69) is 13.8 Å². The molecular formula is C14H25ClO2. The fourth-order valence-electron chi connectivity index (χ4n) is 3.25. The lowest BCUT2D eigenvalue weighted by Gasteiger charge is -2.55. The van der Waals surface area contributed by atoms with Crippen molar-refractivity contribution >= 4 is 11.6 Å². The maximum absolute atomic E-state index is 6.43. The van der Waals surface area contributed by atoms with Gasteiger partial charge in [-0.15, -0.1) is 11.6 Å². The minimum Gasteiger partial charge on any atom is -0.376 e. The Kier molecular flexibility index (Phi) is 4.73. The molecule has 0 N–H and O–H groups in total. The zero-order valence-electron chi connectivity index (χ0n) is 11.1. The summed E-state index contributed by atoms with van der Waals surface area (Å²) < 4.78 is 11.5. The first-order chi connectivity index (χ1) is 8.15. The standard InChI is InChI=1S/C14H25ClO2/c1-11(2)16-8-9-17-13-10-12(15)14(13)6-4-3-5-7-14/h11-13H,3-10H2,1-2H3. The van der Waals surface area contributed by atoms with E-state index in [0.29, 0.717) is 36.2 Å². The van der Waals surface area contributed by atoms with Crippen LogP contribution in [0, 0.1) is 5.41 Å². The topological polar surface area (TPSA) is 18.5 Å². The van der Waals surface area contributed by atoms with Gasteiger partial charge in [-0.05, 0) is 33.1 Å². The van der Waals surface area contributed by atoms with Gasteiger partial charge in [0.1, 0.15) is 0 Å². The largest absolute Gasteiger partial charge is 0.376 e. The highest BCUT2D eigenvalue weighted by molar-refractivity contribution is 6.21. The number of rotatable bonds is 5. The predicted molar refractivity (Wildman–Crippen MR) is 70.6 cm³/mol. The van der Waals surface area contributed by atoms with Gasteiger partial charge >= 0.3 is 0 Å². The average molecular weight is 261 g/mol. The van der Waals surface area contributed by atoms with Crippen LogP contribution in [0.1, 0.15) is 52.4 Å². The van der Waals surface area contributed by atoms with Crippen LogP contribution in [0.3, 0.4) is 0 Å². The summed E-state index contributed by atoms with van der Waals surface area (Å²) in [7, 11) is 0. The Balaban J connectivity index is 1.73. The lowest BCUT2D eigenvalue weighted by atomic mass is 9.58. The summed E-state index contributed by atoms with van der Waals surface area (Å²) in [4.78, 5) is 0. The van der Waals surface area contributed by atoms with Crippen molar-refractivity contribution in [1.82, 2.24) is 0 Å². The number of halogens is 1. The molecule has 0 aromatic carbocycles. The van der Waals surface area contributed by atoms with Gasteiger partial charge in [-0.1, -0.05) is 19.3 Å². The molecule has 17 heavy (non-hydrogen) atoms. The lowest BCUT2D eigenvalue weighted by molar-refractivity contribution is -0.135. The fourth-order valence-corrected chi connectivity index (χ4v) is 3.77. The van der Waals surface area contributed by atoms with Crippen LogP contribution in [0.2, 0.25) is 0 Å². The molecule has 2 unspecified atom stereocenters. The molecule has 2 nitrogen and oxygen atoms in total. The highest BCUT2D eigenvalue weighted by Crippen LogP contribution is 2.55. The third-order valence-corrected chi connectivity index (χ3v) is 4.94. The Hall–Kier alpha value is 0.210. The quantitative estimate of drug-likeness (QED) is 0.554. The van der Waals surface area contributed by atoms with E-state index < -0.39 is 0 Å². The van der Waals surface area contributed by atoms with E-state index in [-0.39, 0.29) is 0 Å².